The molecule has 0 aromatic carbocycles. The van der Waals surface area contributed by atoms with E-state index < -0.39 is 7.26 Å². The predicted octanol–water partition coefficient (Wildman–Crippen LogP) is 4.82. The minimum Gasteiger partial charge on any atom is -0.153 e. The maximum Gasteiger partial charge on any atom is -0.153 e. The van der Waals surface area contributed by atoms with Crippen LogP contribution in [0.4, 0.5) is 0 Å². The Morgan fingerprint density at radius 3 is 1.47 bits per heavy atom. The fourth-order valence-electron chi connectivity index (χ4n) is 1.79. The van der Waals surface area contributed by atoms with Crippen LogP contribution in [-0.2, 0) is 0 Å². The second-order valence-corrected chi connectivity index (χ2v) is 11.4. The molecule has 0 saturated carbocycles. The van der Waals surface area contributed by atoms with E-state index in [2.05, 4.69) is 26.9 Å². The van der Waals surface area contributed by atoms with Crippen LogP contribution in [0.25, 0.3) is 0 Å². The van der Waals surface area contributed by atoms with Gasteiger partial charge in [0.15, 0.2) is 0 Å². The monoisotopic (exact) mass is 252 g/mol. The number of hydrogen-bond acceptors (Lipinski definition) is 0. The molecule has 0 nitrogen and oxygen atoms in total. The zero-order valence-corrected chi connectivity index (χ0v) is 14.0. The average molecular weight is 252 g/mol. The summed E-state index contributed by atoms with van der Waals surface area (Å²) in [5.41, 5.74) is 0. The van der Waals surface area contributed by atoms with Crippen molar-refractivity contribution in [3.05, 3.63) is 0 Å². The van der Waals surface area contributed by atoms with Gasteiger partial charge in [-0.25, -0.2) is 0 Å². The molecule has 1 unspecified atom stereocenters. The van der Waals surface area contributed by atoms with E-state index in [1.807, 2.05) is 0 Å². The fraction of sp³-hybridized carbons (Fsp3) is 1.00. The molecule has 1 atom stereocenters. The summed E-state index contributed by atoms with van der Waals surface area (Å²) in [7, 11) is -0.738. The van der Waals surface area contributed by atoms with E-state index in [4.69, 9.17) is 0 Å². The Kier molecular flexibility index (Phi) is 13.8. The molecule has 0 spiro atoms. The SMILES string of the molecule is CCCCCCCCCC[PH](C)(C)C.P. The van der Waals surface area contributed by atoms with Crippen LogP contribution in [0.5, 0.6) is 0 Å². The van der Waals surface area contributed by atoms with E-state index in [1.54, 1.807) is 0 Å². The molecule has 96 valence electrons. The summed E-state index contributed by atoms with van der Waals surface area (Å²) in [4.78, 5) is 0. The normalized spacial score (nSPS) is 12.3. The van der Waals surface area contributed by atoms with Crippen molar-refractivity contribution < 1.29 is 0 Å². The van der Waals surface area contributed by atoms with Crippen LogP contribution >= 0.6 is 17.2 Å². The van der Waals surface area contributed by atoms with Gasteiger partial charge in [0.25, 0.3) is 0 Å². The van der Waals surface area contributed by atoms with Gasteiger partial charge in [-0.05, 0) is 0 Å². The third kappa shape index (κ3) is 17.5. The first kappa shape index (κ1) is 18.2. The predicted molar refractivity (Wildman–Crippen MR) is 84.7 cm³/mol. The third-order valence-corrected chi connectivity index (χ3v) is 4.63. The molecule has 0 bridgehead atoms. The molecule has 15 heavy (non-hydrogen) atoms. The smallest absolute Gasteiger partial charge is 0.153 e. The largest absolute Gasteiger partial charge is 0.153 e. The Hall–Kier alpha value is 0.860. The summed E-state index contributed by atoms with van der Waals surface area (Å²) in [5.74, 6) is 0. The van der Waals surface area contributed by atoms with Crippen LogP contribution in [0.15, 0.2) is 0 Å². The first-order chi connectivity index (χ1) is 6.56. The molecule has 0 amide bonds. The van der Waals surface area contributed by atoms with Gasteiger partial charge in [0.1, 0.15) is 0 Å². The molecule has 0 saturated heterocycles. The van der Waals surface area contributed by atoms with E-state index in [-0.39, 0.29) is 9.90 Å². The van der Waals surface area contributed by atoms with E-state index in [0.717, 1.165) is 0 Å². The number of unbranched alkanes of at least 4 members (excludes halogenated alkanes) is 7. The van der Waals surface area contributed by atoms with Gasteiger partial charge < -0.3 is 0 Å². The Balaban J connectivity index is 0. The molecule has 0 radical (unpaired) electrons. The Morgan fingerprint density at radius 1 is 0.667 bits per heavy atom. The van der Waals surface area contributed by atoms with Gasteiger partial charge in [-0.3, -0.25) is 0 Å². The van der Waals surface area contributed by atoms with Crippen molar-refractivity contribution in [2.24, 2.45) is 0 Å². The van der Waals surface area contributed by atoms with Crippen LogP contribution < -0.4 is 0 Å². The van der Waals surface area contributed by atoms with E-state index in [1.165, 1.54) is 57.5 Å². The number of rotatable bonds is 9. The molecule has 0 aromatic rings. The topological polar surface area (TPSA) is 0 Å². The summed E-state index contributed by atoms with van der Waals surface area (Å²) in [6.07, 6.45) is 13.2. The molecule has 0 aromatic heterocycles. The molecular formula is C13H34P2. The standard InChI is InChI=1S/C13H31P.H3P/c1-5-6-7-8-9-10-11-12-13-14(2,3)4;/h14H,5-13H2,1-4H3;1H3. The van der Waals surface area contributed by atoms with Crippen LogP contribution in [0, 0.1) is 0 Å². The Labute approximate surface area is 102 Å². The van der Waals surface area contributed by atoms with Gasteiger partial charge in [0.05, 0.1) is 0 Å². The van der Waals surface area contributed by atoms with Crippen molar-refractivity contribution in [3.8, 4) is 0 Å². The fourth-order valence-corrected chi connectivity index (χ4v) is 3.10. The minimum atomic E-state index is -0.738. The second kappa shape index (κ2) is 11.3. The van der Waals surface area contributed by atoms with Crippen molar-refractivity contribution in [2.45, 2.75) is 58.3 Å². The van der Waals surface area contributed by atoms with E-state index >= 15 is 0 Å². The first-order valence-electron chi connectivity index (χ1n) is 6.56. The van der Waals surface area contributed by atoms with Crippen molar-refractivity contribution in [3.63, 3.8) is 0 Å². The molecule has 0 rings (SSSR count). The molecule has 2 heteroatoms. The Morgan fingerprint density at radius 2 is 1.07 bits per heavy atom. The second-order valence-electron chi connectivity index (χ2n) is 5.79. The first-order valence-corrected chi connectivity index (χ1v) is 10.3. The van der Waals surface area contributed by atoms with E-state index in [0.29, 0.717) is 0 Å². The van der Waals surface area contributed by atoms with Crippen LogP contribution in [-0.4, -0.2) is 26.2 Å². The molecule has 0 N–H and O–H groups in total. The van der Waals surface area contributed by atoms with Gasteiger partial charge in [-0.15, -0.1) is 0 Å². The van der Waals surface area contributed by atoms with E-state index in [9.17, 15) is 0 Å². The zero-order chi connectivity index (χ0) is 10.9. The van der Waals surface area contributed by atoms with Crippen molar-refractivity contribution in [1.82, 2.24) is 0 Å². The maximum atomic E-state index is 2.48. The van der Waals surface area contributed by atoms with Gasteiger partial charge in [0.2, 0.25) is 0 Å². The Bertz CT molecular complexity index is 116. The molecule has 0 heterocycles. The summed E-state index contributed by atoms with van der Waals surface area (Å²) in [6, 6.07) is 0. The summed E-state index contributed by atoms with van der Waals surface area (Å²) < 4.78 is 0. The van der Waals surface area contributed by atoms with Gasteiger partial charge in [-0.2, -0.15) is 9.90 Å². The van der Waals surface area contributed by atoms with Crippen molar-refractivity contribution >= 4 is 17.2 Å². The quantitative estimate of drug-likeness (QED) is 0.407. The van der Waals surface area contributed by atoms with Gasteiger partial charge in [-0.1, -0.05) is 0 Å². The van der Waals surface area contributed by atoms with Crippen LogP contribution in [0.1, 0.15) is 58.3 Å². The van der Waals surface area contributed by atoms with Crippen molar-refractivity contribution in [1.29, 1.82) is 0 Å². The van der Waals surface area contributed by atoms with Gasteiger partial charge in [0, 0.05) is 0 Å². The summed E-state index contributed by atoms with van der Waals surface area (Å²) >= 11 is 0. The van der Waals surface area contributed by atoms with Crippen LogP contribution in [0.3, 0.4) is 0 Å². The molecule has 0 fully saturated rings. The summed E-state index contributed by atoms with van der Waals surface area (Å²) in [5, 5.41) is 0. The molecule has 0 aliphatic carbocycles. The summed E-state index contributed by atoms with van der Waals surface area (Å²) in [6.45, 7) is 9.73. The molecule has 0 aliphatic rings. The number of hydrogen-bond donors (Lipinski definition) is 0. The van der Waals surface area contributed by atoms with Crippen molar-refractivity contribution in [2.75, 3.05) is 26.2 Å². The molecular weight excluding hydrogens is 218 g/mol. The van der Waals surface area contributed by atoms with Gasteiger partial charge >= 0.3 is 91.7 Å². The maximum absolute atomic E-state index is 2.48. The average Bonchev–Trinajstić information content (AvgIpc) is 2.08. The molecule has 0 aliphatic heterocycles. The third-order valence-electron chi connectivity index (χ3n) is 2.78. The van der Waals surface area contributed by atoms with Crippen LogP contribution in [0.2, 0.25) is 0 Å². The minimum absolute atomic E-state index is 0. The zero-order valence-electron chi connectivity index (χ0n) is 11.6.